The van der Waals surface area contributed by atoms with E-state index in [1.807, 2.05) is 239 Å². The maximum absolute atomic E-state index is 14.3. The molecule has 4 aliphatic rings. The van der Waals surface area contributed by atoms with E-state index >= 15 is 0 Å². The summed E-state index contributed by atoms with van der Waals surface area (Å²) in [5.41, 5.74) is 13.8. The summed E-state index contributed by atoms with van der Waals surface area (Å²) in [6.07, 6.45) is 13.1. The molecule has 25 heteroatoms. The number of hydrogen-bond donors (Lipinski definition) is 1. The predicted octanol–water partition coefficient (Wildman–Crippen LogP) is 17.8. The first-order chi connectivity index (χ1) is 52.2. The van der Waals surface area contributed by atoms with Crippen molar-refractivity contribution in [3.05, 3.63) is 288 Å². The Hall–Kier alpha value is -11.8. The van der Waals surface area contributed by atoms with Gasteiger partial charge in [-0.05, 0) is 205 Å². The lowest BCUT2D eigenvalue weighted by Crippen LogP contribution is -2.41. The molecule has 0 spiro atoms. The third-order valence-electron chi connectivity index (χ3n) is 19.4. The molecule has 10 heterocycles. The van der Waals surface area contributed by atoms with E-state index in [1.54, 1.807) is 88.4 Å². The standard InChI is InChI=1S/C26H21FN4O2.C26H23N5O2.C17H16INO2.C15H17BFN3O2/c2*1-26(2)22(18-7-4-3-5-8-18)31(25(32)33-26)20-11-9-17(10-12-20)19-15-21(23(27)30-16-19)24-28-13-6-14-29-24;1-17(2)15(12-6-4-3-5-7-12)19(16(20)21-17)14-10-8-13(18)9-11-14;1-14(2)15(3,4)22-16(21-14)10-8-11(12(17)20-9-10)13-18-6-5-7-19-13/h3-16,22H,1-2H3;3-16,22H,1-2H3,(H2,27,30);3-11,15H,1-2H3;5-9H,1-4H3/t2*22-;15-;/m000./s1. The molecule has 12 aromatic rings. The van der Waals surface area contributed by atoms with Gasteiger partial charge in [-0.1, -0.05) is 115 Å². The van der Waals surface area contributed by atoms with E-state index in [0.717, 1.165) is 48.3 Å². The number of amides is 3. The van der Waals surface area contributed by atoms with Gasteiger partial charge in [0.1, 0.15) is 40.7 Å². The van der Waals surface area contributed by atoms with Crippen molar-refractivity contribution in [3.63, 3.8) is 0 Å². The third kappa shape index (κ3) is 16.2. The van der Waals surface area contributed by atoms with Crippen LogP contribution in [0.2, 0.25) is 0 Å². The van der Waals surface area contributed by atoms with Crippen LogP contribution in [-0.4, -0.2) is 98.3 Å². The minimum Gasteiger partial charge on any atom is -0.441 e. The van der Waals surface area contributed by atoms with Crippen molar-refractivity contribution >= 4 is 76.3 Å². The lowest BCUT2D eigenvalue weighted by molar-refractivity contribution is 0.00578. The second-order valence-corrected chi connectivity index (χ2v) is 29.9. The second kappa shape index (κ2) is 31.2. The molecule has 0 radical (unpaired) electrons. The number of aromatic nitrogens is 9. The van der Waals surface area contributed by atoms with Gasteiger partial charge in [0.2, 0.25) is 11.9 Å². The zero-order chi connectivity index (χ0) is 77.0. The molecule has 3 atom stereocenters. The summed E-state index contributed by atoms with van der Waals surface area (Å²) in [5, 5.41) is 0. The maximum Gasteiger partial charge on any atom is 0.496 e. The van der Waals surface area contributed by atoms with Crippen molar-refractivity contribution in [3.8, 4) is 56.4 Å². The molecule has 550 valence electrons. The maximum atomic E-state index is 14.3. The van der Waals surface area contributed by atoms with Crippen molar-refractivity contribution in [2.75, 3.05) is 20.4 Å². The van der Waals surface area contributed by atoms with Gasteiger partial charge < -0.3 is 29.3 Å². The van der Waals surface area contributed by atoms with Gasteiger partial charge in [-0.3, -0.25) is 14.7 Å². The van der Waals surface area contributed by atoms with Crippen LogP contribution in [0, 0.1) is 15.5 Å². The number of hydrogen-bond acceptors (Lipinski definition) is 18. The lowest BCUT2D eigenvalue weighted by atomic mass is 9.79. The van der Waals surface area contributed by atoms with Gasteiger partial charge in [-0.25, -0.2) is 59.2 Å². The summed E-state index contributed by atoms with van der Waals surface area (Å²) < 4.78 is 58.4. The van der Waals surface area contributed by atoms with Gasteiger partial charge in [-0.2, -0.15) is 8.78 Å². The highest BCUT2D eigenvalue weighted by Gasteiger charge is 2.54. The topological polar surface area (TPSA) is 249 Å². The fraction of sp³-hybridized carbons (Fsp3) is 0.214. The van der Waals surface area contributed by atoms with E-state index in [9.17, 15) is 23.2 Å². The molecule has 4 saturated heterocycles. The number of carbonyl (C=O) groups is 3. The quantitative estimate of drug-likeness (QED) is 0.0516. The summed E-state index contributed by atoms with van der Waals surface area (Å²) in [6.45, 7) is 19.5. The molecule has 0 unspecified atom stereocenters. The van der Waals surface area contributed by atoms with Gasteiger partial charge in [0.15, 0.2) is 17.5 Å². The van der Waals surface area contributed by atoms with Crippen LogP contribution in [0.4, 0.5) is 46.0 Å². The zero-order valence-corrected chi connectivity index (χ0v) is 63.6. The number of ether oxygens (including phenoxy) is 3. The van der Waals surface area contributed by atoms with Gasteiger partial charge in [0.05, 0.1) is 27.9 Å². The SMILES string of the molecule is CC1(C)OB(c2cnc(F)c(-c3ncccn3)c2)OC1(C)C.CC1(C)OC(=O)N(c2ccc(-c3cnc(F)c(-c4ncccn4)c3)cc2)[C@H]1c1ccccc1.CC1(C)OC(=O)N(c2ccc(-c3cnc(N)c(-c4ncccn4)c3)cc2)[C@H]1c1ccccc1.CC1(C)OC(=O)N(c2ccc(I)cc2)[C@H]1c1ccccc1. The molecule has 109 heavy (non-hydrogen) atoms. The molecule has 4 aliphatic heterocycles. The molecule has 2 N–H and O–H groups in total. The zero-order valence-electron chi connectivity index (χ0n) is 61.4. The number of nitrogens with two attached hydrogens (primary N) is 1. The van der Waals surface area contributed by atoms with E-state index in [1.165, 1.54) is 12.4 Å². The highest BCUT2D eigenvalue weighted by Crippen LogP contribution is 2.48. The molecule has 6 aromatic carbocycles. The van der Waals surface area contributed by atoms with Crippen LogP contribution < -0.4 is 25.9 Å². The number of pyridine rings is 3. The number of halogens is 3. The minimum atomic E-state index is -0.692. The Kier molecular flexibility index (Phi) is 21.6. The van der Waals surface area contributed by atoms with Gasteiger partial charge in [-0.15, -0.1) is 0 Å². The normalized spacial score (nSPS) is 18.2. The number of rotatable bonds is 12. The van der Waals surface area contributed by atoms with Crippen molar-refractivity contribution in [2.45, 2.75) is 115 Å². The number of benzene rings is 6. The number of nitrogens with zero attached hydrogens (tertiary/aromatic N) is 12. The van der Waals surface area contributed by atoms with Gasteiger partial charge >= 0.3 is 25.4 Å². The summed E-state index contributed by atoms with van der Waals surface area (Å²) in [5.74, 6) is 0.198. The molecule has 4 fully saturated rings. The highest BCUT2D eigenvalue weighted by molar-refractivity contribution is 14.1. The second-order valence-electron chi connectivity index (χ2n) is 28.7. The first-order valence-corrected chi connectivity index (χ1v) is 36.2. The van der Waals surface area contributed by atoms with Crippen molar-refractivity contribution in [1.82, 2.24) is 44.9 Å². The molecule has 21 nitrogen and oxygen atoms in total. The van der Waals surface area contributed by atoms with Crippen LogP contribution in [0.1, 0.15) is 104 Å². The lowest BCUT2D eigenvalue weighted by Gasteiger charge is -2.32. The highest BCUT2D eigenvalue weighted by atomic mass is 127. The largest absolute Gasteiger partial charge is 0.496 e. The first-order valence-electron chi connectivity index (χ1n) is 35.1. The fourth-order valence-corrected chi connectivity index (χ4v) is 13.8. The minimum absolute atomic E-state index is 0.133. The van der Waals surface area contributed by atoms with Crippen molar-refractivity contribution < 1.29 is 46.7 Å². The summed E-state index contributed by atoms with van der Waals surface area (Å²) in [4.78, 5) is 80.1. The Morgan fingerprint density at radius 2 is 0.688 bits per heavy atom. The average molecular weight is 1570 g/mol. The first kappa shape index (κ1) is 75.4. The summed E-state index contributed by atoms with van der Waals surface area (Å²) >= 11 is 2.25. The van der Waals surface area contributed by atoms with Gasteiger partial charge in [0.25, 0.3) is 0 Å². The Morgan fingerprint density at radius 3 is 1.06 bits per heavy atom. The Bertz CT molecular complexity index is 4990. The molecule has 16 rings (SSSR count). The van der Waals surface area contributed by atoms with E-state index in [4.69, 9.17) is 29.3 Å². The molecule has 6 aromatic heterocycles. The monoisotopic (exact) mass is 1570 g/mol. The molecule has 3 amide bonds. The van der Waals surface area contributed by atoms with Crippen LogP contribution in [-0.2, 0) is 23.5 Å². The van der Waals surface area contributed by atoms with E-state index in [0.29, 0.717) is 33.9 Å². The van der Waals surface area contributed by atoms with E-state index < -0.39 is 53.1 Å². The number of nitrogen functional groups attached to an aromatic ring is 1. The molecular weight excluding hydrogens is 1490 g/mol. The molecular formula is C84H77BF2IN13O8. The molecule has 0 saturated carbocycles. The van der Waals surface area contributed by atoms with Crippen molar-refractivity contribution in [2.24, 2.45) is 0 Å². The van der Waals surface area contributed by atoms with Gasteiger partial charge in [0, 0.05) is 93.0 Å². The molecule has 0 bridgehead atoms. The van der Waals surface area contributed by atoms with E-state index in [2.05, 4.69) is 67.4 Å². The number of cyclic esters (lactones) is 3. The Balaban J connectivity index is 0.000000131. The number of carbonyl (C=O) groups excluding carboxylic acids is 3. The van der Waals surface area contributed by atoms with Crippen LogP contribution in [0.25, 0.3) is 56.4 Å². The smallest absolute Gasteiger partial charge is 0.441 e. The number of anilines is 4. The summed E-state index contributed by atoms with van der Waals surface area (Å²) in [7, 11) is -0.597. The molecule has 0 aliphatic carbocycles. The Morgan fingerprint density at radius 1 is 0.376 bits per heavy atom. The Labute approximate surface area is 644 Å². The van der Waals surface area contributed by atoms with Crippen LogP contribution in [0.15, 0.2) is 256 Å². The predicted molar refractivity (Wildman–Crippen MR) is 423 cm³/mol. The van der Waals surface area contributed by atoms with Crippen LogP contribution >= 0.6 is 22.6 Å². The third-order valence-corrected chi connectivity index (χ3v) is 20.1. The van der Waals surface area contributed by atoms with Crippen LogP contribution in [0.3, 0.4) is 0 Å². The summed E-state index contributed by atoms with van der Waals surface area (Å²) in [6, 6.07) is 62.6. The fourth-order valence-electron chi connectivity index (χ4n) is 13.4. The van der Waals surface area contributed by atoms with E-state index in [-0.39, 0.29) is 53.1 Å². The van der Waals surface area contributed by atoms with Crippen LogP contribution in [0.5, 0.6) is 0 Å². The van der Waals surface area contributed by atoms with Crippen molar-refractivity contribution in [1.29, 1.82) is 0 Å². The average Bonchev–Trinajstić information content (AvgIpc) is 1.63.